The highest BCUT2D eigenvalue weighted by atomic mass is 28.4. The van der Waals surface area contributed by atoms with Crippen LogP contribution in [-0.2, 0) is 13.9 Å². The fourth-order valence-electron chi connectivity index (χ4n) is 5.90. The Kier molecular flexibility index (Phi) is 7.11. The van der Waals surface area contributed by atoms with Crippen molar-refractivity contribution < 1.29 is 24.1 Å². The van der Waals surface area contributed by atoms with E-state index < -0.39 is 37.8 Å². The van der Waals surface area contributed by atoms with Gasteiger partial charge in [-0.05, 0) is 55.1 Å². The van der Waals surface area contributed by atoms with Gasteiger partial charge in [-0.25, -0.2) is 0 Å². The van der Waals surface area contributed by atoms with Crippen LogP contribution in [0.2, 0.25) is 18.1 Å². The molecule has 0 spiro atoms. The van der Waals surface area contributed by atoms with Crippen LogP contribution in [-0.4, -0.2) is 49.6 Å². The number of fused-ring (bicyclic) bond motifs is 2. The van der Waals surface area contributed by atoms with Crippen molar-refractivity contribution in [3.63, 3.8) is 0 Å². The maximum absolute atomic E-state index is 11.8. The average Bonchev–Trinajstić information content (AvgIpc) is 3.14. The van der Waals surface area contributed by atoms with Crippen molar-refractivity contribution in [2.75, 3.05) is 13.2 Å². The molecule has 0 amide bonds. The quantitative estimate of drug-likeness (QED) is 0.417. The van der Waals surface area contributed by atoms with Crippen molar-refractivity contribution in [3.8, 4) is 11.8 Å². The summed E-state index contributed by atoms with van der Waals surface area (Å²) in [5, 5.41) is 22.8. The highest BCUT2D eigenvalue weighted by molar-refractivity contribution is 6.74. The van der Waals surface area contributed by atoms with Gasteiger partial charge in [0.1, 0.15) is 6.10 Å². The lowest BCUT2D eigenvalue weighted by molar-refractivity contribution is -0.279. The second-order valence-electron chi connectivity index (χ2n) is 12.9. The van der Waals surface area contributed by atoms with E-state index in [2.05, 4.69) is 59.6 Å². The molecule has 0 radical (unpaired) electrons. The van der Waals surface area contributed by atoms with Crippen LogP contribution < -0.4 is 0 Å². The minimum absolute atomic E-state index is 0.0559. The highest BCUT2D eigenvalue weighted by Gasteiger charge is 2.63. The summed E-state index contributed by atoms with van der Waals surface area (Å²) in [4.78, 5) is 0. The Labute approximate surface area is 212 Å². The molecule has 6 atom stereocenters. The molecule has 3 fully saturated rings. The van der Waals surface area contributed by atoms with Crippen molar-refractivity contribution in [3.05, 3.63) is 35.9 Å². The molecule has 194 valence electrons. The minimum Gasteiger partial charge on any atom is -0.417 e. The zero-order valence-electron chi connectivity index (χ0n) is 22.6. The van der Waals surface area contributed by atoms with Gasteiger partial charge in [-0.2, -0.15) is 0 Å². The van der Waals surface area contributed by atoms with Gasteiger partial charge in [0.15, 0.2) is 20.2 Å². The Hall–Kier alpha value is -1.20. The molecular formula is C29H44O5Si. The van der Waals surface area contributed by atoms with E-state index in [0.717, 1.165) is 24.8 Å². The maximum atomic E-state index is 11.8. The van der Waals surface area contributed by atoms with E-state index in [4.69, 9.17) is 13.9 Å². The summed E-state index contributed by atoms with van der Waals surface area (Å²) in [6.07, 6.45) is 1.66. The molecule has 0 unspecified atom stereocenters. The van der Waals surface area contributed by atoms with E-state index in [1.54, 1.807) is 0 Å². The Balaban J connectivity index is 1.58. The lowest BCUT2D eigenvalue weighted by Crippen LogP contribution is -2.53. The lowest BCUT2D eigenvalue weighted by atomic mass is 9.68. The molecule has 5 nitrogen and oxygen atoms in total. The van der Waals surface area contributed by atoms with E-state index in [0.29, 0.717) is 18.9 Å². The topological polar surface area (TPSA) is 68.2 Å². The first-order chi connectivity index (χ1) is 16.2. The van der Waals surface area contributed by atoms with Gasteiger partial charge in [0.2, 0.25) is 0 Å². The molecule has 6 heteroatoms. The number of rotatable bonds is 5. The summed E-state index contributed by atoms with van der Waals surface area (Å²) < 4.78 is 18.8. The maximum Gasteiger partial charge on any atom is 0.191 e. The molecule has 0 aromatic heterocycles. The fraction of sp³-hybridized carbons (Fsp3) is 0.724. The highest BCUT2D eigenvalue weighted by Crippen LogP contribution is 2.65. The SMILES string of the molecule is CC1(C)[C@H]2CC[C@@]1(C#C[C@]1(O)CO[C@@H](c3ccccc3)O[C@@H]1CCO[Si](C)(C)C(C)(C)C)[C@@H](O)C2. The third-order valence-electron chi connectivity index (χ3n) is 9.63. The van der Waals surface area contributed by atoms with E-state index in [1.165, 1.54) is 0 Å². The summed E-state index contributed by atoms with van der Waals surface area (Å²) in [5.74, 6) is 7.07. The Morgan fingerprint density at radius 3 is 2.40 bits per heavy atom. The van der Waals surface area contributed by atoms with Gasteiger partial charge in [0.25, 0.3) is 0 Å². The summed E-state index contributed by atoms with van der Waals surface area (Å²) in [5.41, 5.74) is -1.12. The van der Waals surface area contributed by atoms with Crippen molar-refractivity contribution in [2.24, 2.45) is 16.7 Å². The molecule has 2 N–H and O–H groups in total. The molecule has 2 bridgehead atoms. The van der Waals surface area contributed by atoms with Crippen LogP contribution in [0.4, 0.5) is 0 Å². The minimum atomic E-state index is -1.93. The van der Waals surface area contributed by atoms with E-state index in [9.17, 15) is 10.2 Å². The second kappa shape index (κ2) is 9.27. The molecule has 1 aromatic rings. The molecule has 35 heavy (non-hydrogen) atoms. The monoisotopic (exact) mass is 500 g/mol. The largest absolute Gasteiger partial charge is 0.417 e. The van der Waals surface area contributed by atoms with Crippen LogP contribution in [0.15, 0.2) is 30.3 Å². The molecule has 1 aliphatic heterocycles. The first-order valence-corrected chi connectivity index (χ1v) is 16.0. The molecule has 1 saturated heterocycles. The van der Waals surface area contributed by atoms with Crippen molar-refractivity contribution in [1.29, 1.82) is 0 Å². The Bertz CT molecular complexity index is 959. The van der Waals surface area contributed by atoms with Crippen LogP contribution in [0.3, 0.4) is 0 Å². The van der Waals surface area contributed by atoms with Gasteiger partial charge >= 0.3 is 0 Å². The van der Waals surface area contributed by atoms with Gasteiger partial charge in [0, 0.05) is 12.2 Å². The second-order valence-corrected chi connectivity index (χ2v) is 17.7. The lowest BCUT2D eigenvalue weighted by Gasteiger charge is -2.42. The van der Waals surface area contributed by atoms with Crippen LogP contribution in [0.1, 0.15) is 72.2 Å². The van der Waals surface area contributed by atoms with Gasteiger partial charge in [-0.1, -0.05) is 76.8 Å². The van der Waals surface area contributed by atoms with Crippen LogP contribution in [0, 0.1) is 28.6 Å². The summed E-state index contributed by atoms with van der Waals surface area (Å²) in [7, 11) is -1.93. The Morgan fingerprint density at radius 1 is 1.14 bits per heavy atom. The normalized spacial score (nSPS) is 36.6. The molecule has 2 aliphatic carbocycles. The standard InChI is InChI=1S/C29H44O5Si/c1-26(2,3)35(6,7)33-18-14-24-29(31,20-32-25(34-24)21-11-9-8-10-12-21)17-16-28-15-13-22(19-23(28)30)27(28,4)5/h8-12,22-25,30-31H,13-15,18-20H2,1-7H3/t22-,23-,24+,25+,28+,29-/m0/s1. The van der Waals surface area contributed by atoms with Crippen molar-refractivity contribution in [1.82, 2.24) is 0 Å². The van der Waals surface area contributed by atoms with E-state index in [1.807, 2.05) is 30.3 Å². The third kappa shape index (κ3) is 4.76. The first-order valence-electron chi connectivity index (χ1n) is 13.1. The average molecular weight is 501 g/mol. The number of hydrogen-bond donors (Lipinski definition) is 2. The van der Waals surface area contributed by atoms with E-state index >= 15 is 0 Å². The molecular weight excluding hydrogens is 456 g/mol. The molecule has 1 heterocycles. The predicted molar refractivity (Wildman–Crippen MR) is 140 cm³/mol. The van der Waals surface area contributed by atoms with Gasteiger partial charge in [0.05, 0.1) is 18.1 Å². The summed E-state index contributed by atoms with van der Waals surface area (Å²) in [6, 6.07) is 9.81. The number of ether oxygens (including phenoxy) is 2. The van der Waals surface area contributed by atoms with Crippen LogP contribution in [0.25, 0.3) is 0 Å². The fourth-order valence-corrected chi connectivity index (χ4v) is 6.96. The molecule has 1 aromatic carbocycles. The van der Waals surface area contributed by atoms with Crippen molar-refractivity contribution in [2.45, 2.75) is 103 Å². The zero-order chi connectivity index (χ0) is 25.7. The molecule has 4 rings (SSSR count). The third-order valence-corrected chi connectivity index (χ3v) is 14.2. The summed E-state index contributed by atoms with van der Waals surface area (Å²) in [6.45, 7) is 16.1. The smallest absolute Gasteiger partial charge is 0.191 e. The van der Waals surface area contributed by atoms with Crippen LogP contribution >= 0.6 is 0 Å². The van der Waals surface area contributed by atoms with Gasteiger partial charge in [-0.15, -0.1) is 0 Å². The number of aliphatic hydroxyl groups is 2. The van der Waals surface area contributed by atoms with Gasteiger partial charge < -0.3 is 24.1 Å². The number of benzene rings is 1. The predicted octanol–water partition coefficient (Wildman–Crippen LogP) is 5.43. The molecule has 3 aliphatic rings. The van der Waals surface area contributed by atoms with Crippen molar-refractivity contribution >= 4 is 8.32 Å². The first kappa shape index (κ1) is 26.8. The molecule has 2 saturated carbocycles. The zero-order valence-corrected chi connectivity index (χ0v) is 23.6. The number of aliphatic hydroxyl groups excluding tert-OH is 1. The number of hydrogen-bond acceptors (Lipinski definition) is 5. The van der Waals surface area contributed by atoms with E-state index in [-0.39, 0.29) is 17.1 Å². The Morgan fingerprint density at radius 2 is 1.83 bits per heavy atom. The van der Waals surface area contributed by atoms with Crippen LogP contribution in [0.5, 0.6) is 0 Å². The summed E-state index contributed by atoms with van der Waals surface area (Å²) >= 11 is 0. The van der Waals surface area contributed by atoms with Gasteiger partial charge in [-0.3, -0.25) is 0 Å².